The number of methoxy groups -OCH3 is 1. The number of hydrogen-bond donors (Lipinski definition) is 0. The van der Waals surface area contributed by atoms with E-state index in [1.807, 2.05) is 36.4 Å². The maximum atomic E-state index is 12.9. The second kappa shape index (κ2) is 4.78. The van der Waals surface area contributed by atoms with Gasteiger partial charge in [0.25, 0.3) is 0 Å². The number of hydrogen-bond acceptors (Lipinski definition) is 4. The lowest BCUT2D eigenvalue weighted by atomic mass is 9.91. The molecule has 2 aromatic rings. The molecule has 4 nitrogen and oxygen atoms in total. The number of benzene rings is 2. The summed E-state index contributed by atoms with van der Waals surface area (Å²) >= 11 is 0. The van der Waals surface area contributed by atoms with E-state index in [1.54, 1.807) is 7.11 Å². The average Bonchev–Trinajstić information content (AvgIpc) is 2.96. The minimum absolute atomic E-state index is 0.0664. The zero-order chi connectivity index (χ0) is 17.3. The second-order valence-electron chi connectivity index (χ2n) is 7.68. The van der Waals surface area contributed by atoms with Crippen LogP contribution >= 0.6 is 0 Å². The van der Waals surface area contributed by atoms with Crippen molar-refractivity contribution in [3.05, 3.63) is 53.1 Å². The van der Waals surface area contributed by atoms with Crippen molar-refractivity contribution in [1.29, 1.82) is 0 Å². The summed E-state index contributed by atoms with van der Waals surface area (Å²) in [4.78, 5) is 12.9. The number of ether oxygens (including phenoxy) is 3. The summed E-state index contributed by atoms with van der Waals surface area (Å²) < 4.78 is 18.0. The lowest BCUT2D eigenvalue weighted by molar-refractivity contribution is 0.0841. The molecule has 4 heteroatoms. The molecule has 3 unspecified atom stereocenters. The molecule has 128 valence electrons. The molecular formula is C21H20O4. The average molecular weight is 336 g/mol. The SMILES string of the molecule is COc1cc2c(c3c1C(=O)CC(c1ccccc1)O3)C1C(O2)C1(C)C. The number of Topliss-reactive ketones (excluding diaryl/α,β-unsaturated/α-hetero) is 1. The van der Waals surface area contributed by atoms with E-state index in [9.17, 15) is 4.79 Å². The molecule has 1 saturated carbocycles. The van der Waals surface area contributed by atoms with Crippen LogP contribution in [-0.4, -0.2) is 19.0 Å². The predicted octanol–water partition coefficient (Wildman–Crippen LogP) is 4.29. The van der Waals surface area contributed by atoms with E-state index < -0.39 is 0 Å². The van der Waals surface area contributed by atoms with E-state index in [1.165, 1.54) is 0 Å². The van der Waals surface area contributed by atoms with Gasteiger partial charge < -0.3 is 14.2 Å². The first kappa shape index (κ1) is 14.8. The van der Waals surface area contributed by atoms with E-state index >= 15 is 0 Å². The standard InChI is InChI=1S/C21H20O4/c1-21(2)18-17-15(25-20(18)21)10-14(23-3)16-12(22)9-13(24-19(16)17)11-7-5-4-6-8-11/h4-8,10,13,18,20H,9H2,1-3H3. The maximum absolute atomic E-state index is 12.9. The van der Waals surface area contributed by atoms with Crippen molar-refractivity contribution in [2.75, 3.05) is 7.11 Å². The molecule has 0 bridgehead atoms. The Morgan fingerprint density at radius 1 is 1.16 bits per heavy atom. The minimum Gasteiger partial charge on any atom is -0.496 e. The molecule has 0 saturated heterocycles. The van der Waals surface area contributed by atoms with Crippen LogP contribution in [0.3, 0.4) is 0 Å². The fourth-order valence-corrected chi connectivity index (χ4v) is 4.35. The van der Waals surface area contributed by atoms with Gasteiger partial charge in [-0.05, 0) is 5.56 Å². The first-order chi connectivity index (χ1) is 12.0. The third kappa shape index (κ3) is 1.91. The fourth-order valence-electron chi connectivity index (χ4n) is 4.35. The molecule has 1 aliphatic carbocycles. The second-order valence-corrected chi connectivity index (χ2v) is 7.68. The third-order valence-corrected chi connectivity index (χ3v) is 5.84. The molecule has 0 radical (unpaired) electrons. The molecule has 2 heterocycles. The Bertz CT molecular complexity index is 885. The molecule has 3 atom stereocenters. The van der Waals surface area contributed by atoms with Crippen LogP contribution in [-0.2, 0) is 0 Å². The Morgan fingerprint density at radius 2 is 1.92 bits per heavy atom. The van der Waals surface area contributed by atoms with Gasteiger partial charge in [0.15, 0.2) is 5.78 Å². The highest BCUT2D eigenvalue weighted by Crippen LogP contribution is 2.70. The number of ketones is 1. The molecule has 0 N–H and O–H groups in total. The Kier molecular flexibility index (Phi) is 2.83. The summed E-state index contributed by atoms with van der Waals surface area (Å²) in [6.45, 7) is 4.39. The summed E-state index contributed by atoms with van der Waals surface area (Å²) in [5.74, 6) is 2.36. The van der Waals surface area contributed by atoms with Gasteiger partial charge in [-0.2, -0.15) is 0 Å². The lowest BCUT2D eigenvalue weighted by Gasteiger charge is -2.29. The van der Waals surface area contributed by atoms with E-state index in [-0.39, 0.29) is 29.3 Å². The number of rotatable bonds is 2. The van der Waals surface area contributed by atoms with Gasteiger partial charge in [0.2, 0.25) is 0 Å². The van der Waals surface area contributed by atoms with E-state index in [0.717, 1.165) is 16.9 Å². The summed E-state index contributed by atoms with van der Waals surface area (Å²) in [5.41, 5.74) is 2.71. The van der Waals surface area contributed by atoms with E-state index in [2.05, 4.69) is 13.8 Å². The first-order valence-electron chi connectivity index (χ1n) is 8.68. The highest BCUT2D eigenvalue weighted by atomic mass is 16.5. The van der Waals surface area contributed by atoms with Crippen LogP contribution in [0.5, 0.6) is 17.2 Å². The van der Waals surface area contributed by atoms with Crippen molar-refractivity contribution >= 4 is 5.78 Å². The van der Waals surface area contributed by atoms with Crippen LogP contribution in [0.4, 0.5) is 0 Å². The van der Waals surface area contributed by atoms with Crippen molar-refractivity contribution in [3.63, 3.8) is 0 Å². The van der Waals surface area contributed by atoms with Crippen LogP contribution in [0.25, 0.3) is 0 Å². The Labute approximate surface area is 146 Å². The van der Waals surface area contributed by atoms with Gasteiger partial charge in [0.05, 0.1) is 13.5 Å². The molecule has 2 aliphatic heterocycles. The molecule has 25 heavy (non-hydrogen) atoms. The van der Waals surface area contributed by atoms with Gasteiger partial charge in [-0.1, -0.05) is 44.2 Å². The van der Waals surface area contributed by atoms with Crippen molar-refractivity contribution in [2.45, 2.75) is 38.4 Å². The quantitative estimate of drug-likeness (QED) is 0.821. The van der Waals surface area contributed by atoms with Gasteiger partial charge in [0.1, 0.15) is 35.0 Å². The van der Waals surface area contributed by atoms with Crippen molar-refractivity contribution < 1.29 is 19.0 Å². The smallest absolute Gasteiger partial charge is 0.174 e. The van der Waals surface area contributed by atoms with Crippen LogP contribution < -0.4 is 14.2 Å². The normalized spacial score (nSPS) is 27.5. The first-order valence-corrected chi connectivity index (χ1v) is 8.68. The van der Waals surface area contributed by atoms with Gasteiger partial charge in [0, 0.05) is 23.0 Å². The highest BCUT2D eigenvalue weighted by molar-refractivity contribution is 6.03. The molecule has 5 rings (SSSR count). The monoisotopic (exact) mass is 336 g/mol. The van der Waals surface area contributed by atoms with E-state index in [0.29, 0.717) is 23.5 Å². The fraction of sp³-hybridized carbons (Fsp3) is 0.381. The van der Waals surface area contributed by atoms with Crippen LogP contribution in [0.2, 0.25) is 0 Å². The third-order valence-electron chi connectivity index (χ3n) is 5.84. The van der Waals surface area contributed by atoms with Crippen molar-refractivity contribution in [2.24, 2.45) is 5.41 Å². The molecular weight excluding hydrogens is 316 g/mol. The summed E-state index contributed by atoms with van der Waals surface area (Å²) in [6, 6.07) is 11.8. The van der Waals surface area contributed by atoms with Crippen LogP contribution in [0.15, 0.2) is 36.4 Å². The number of carbonyl (C=O) groups excluding carboxylic acids is 1. The summed E-state index contributed by atoms with van der Waals surface area (Å²) in [5, 5.41) is 0. The minimum atomic E-state index is -0.265. The van der Waals surface area contributed by atoms with Crippen molar-refractivity contribution in [3.8, 4) is 17.2 Å². The lowest BCUT2D eigenvalue weighted by Crippen LogP contribution is -2.22. The molecule has 3 aliphatic rings. The molecule has 2 aromatic carbocycles. The topological polar surface area (TPSA) is 44.8 Å². The zero-order valence-corrected chi connectivity index (χ0v) is 14.5. The summed E-state index contributed by atoms with van der Waals surface area (Å²) in [7, 11) is 1.58. The van der Waals surface area contributed by atoms with E-state index in [4.69, 9.17) is 14.2 Å². The molecule has 1 fully saturated rings. The van der Waals surface area contributed by atoms with Gasteiger partial charge in [-0.25, -0.2) is 0 Å². The summed E-state index contributed by atoms with van der Waals surface area (Å²) in [6.07, 6.45) is 0.220. The molecule has 0 amide bonds. The van der Waals surface area contributed by atoms with Gasteiger partial charge in [-0.15, -0.1) is 0 Å². The zero-order valence-electron chi connectivity index (χ0n) is 14.5. The predicted molar refractivity (Wildman–Crippen MR) is 92.7 cm³/mol. The molecule has 0 spiro atoms. The van der Waals surface area contributed by atoms with Gasteiger partial charge in [-0.3, -0.25) is 4.79 Å². The Hall–Kier alpha value is -2.49. The number of fused-ring (bicyclic) bond motifs is 5. The van der Waals surface area contributed by atoms with Crippen molar-refractivity contribution in [1.82, 2.24) is 0 Å². The highest BCUT2D eigenvalue weighted by Gasteiger charge is 2.67. The van der Waals surface area contributed by atoms with Crippen LogP contribution in [0.1, 0.15) is 53.8 Å². The van der Waals surface area contributed by atoms with Gasteiger partial charge >= 0.3 is 0 Å². The number of carbonyl (C=O) groups is 1. The van der Waals surface area contributed by atoms with Crippen LogP contribution in [0, 0.1) is 5.41 Å². The maximum Gasteiger partial charge on any atom is 0.174 e. The molecule has 0 aromatic heterocycles. The Balaban J connectivity index is 1.66. The Morgan fingerprint density at radius 3 is 2.64 bits per heavy atom. The largest absolute Gasteiger partial charge is 0.496 e.